The van der Waals surface area contributed by atoms with Crippen LogP contribution in [0.5, 0.6) is 0 Å². The summed E-state index contributed by atoms with van der Waals surface area (Å²) in [5.41, 5.74) is 0. The average molecular weight is 276 g/mol. The van der Waals surface area contributed by atoms with Gasteiger partial charge in [0, 0.05) is 57.3 Å². The minimum Gasteiger partial charge on any atom is -0.352 e. The standard InChI is InChI=1S/C14H20N4O2/c19-13(5-8-17-7-1-2-14(17)20)16-11-3-4-12-15-6-9-18(12)10-11/h6,9,11H,1-5,7-8,10H2,(H,16,19)/t11-/m0/s1. The molecule has 1 aromatic heterocycles. The lowest BCUT2D eigenvalue weighted by Gasteiger charge is -2.25. The fourth-order valence-corrected chi connectivity index (χ4v) is 2.96. The largest absolute Gasteiger partial charge is 0.352 e. The molecule has 3 heterocycles. The van der Waals surface area contributed by atoms with E-state index in [1.807, 2.05) is 6.20 Å². The zero-order valence-electron chi connectivity index (χ0n) is 11.5. The molecule has 108 valence electrons. The highest BCUT2D eigenvalue weighted by molar-refractivity contribution is 5.80. The van der Waals surface area contributed by atoms with Gasteiger partial charge in [-0.05, 0) is 12.8 Å². The second-order valence-electron chi connectivity index (χ2n) is 5.53. The van der Waals surface area contributed by atoms with Gasteiger partial charge in [0.1, 0.15) is 5.82 Å². The number of fused-ring (bicyclic) bond motifs is 1. The van der Waals surface area contributed by atoms with Crippen molar-refractivity contribution < 1.29 is 9.59 Å². The van der Waals surface area contributed by atoms with Crippen molar-refractivity contribution in [3.63, 3.8) is 0 Å². The highest BCUT2D eigenvalue weighted by atomic mass is 16.2. The summed E-state index contributed by atoms with van der Waals surface area (Å²) in [6.45, 7) is 2.14. The van der Waals surface area contributed by atoms with Crippen LogP contribution in [-0.2, 0) is 22.6 Å². The summed E-state index contributed by atoms with van der Waals surface area (Å²) >= 11 is 0. The summed E-state index contributed by atoms with van der Waals surface area (Å²) in [6, 6.07) is 0.179. The summed E-state index contributed by atoms with van der Waals surface area (Å²) < 4.78 is 2.10. The van der Waals surface area contributed by atoms with Gasteiger partial charge in [-0.3, -0.25) is 9.59 Å². The van der Waals surface area contributed by atoms with Crippen molar-refractivity contribution in [3.05, 3.63) is 18.2 Å². The Balaban J connectivity index is 1.44. The van der Waals surface area contributed by atoms with Gasteiger partial charge in [0.25, 0.3) is 0 Å². The highest BCUT2D eigenvalue weighted by Gasteiger charge is 2.23. The van der Waals surface area contributed by atoms with E-state index in [0.717, 1.165) is 38.2 Å². The van der Waals surface area contributed by atoms with E-state index in [4.69, 9.17) is 0 Å². The number of hydrogen-bond acceptors (Lipinski definition) is 3. The number of imidazole rings is 1. The van der Waals surface area contributed by atoms with Gasteiger partial charge in [-0.25, -0.2) is 4.98 Å². The van der Waals surface area contributed by atoms with Crippen LogP contribution < -0.4 is 5.32 Å². The van der Waals surface area contributed by atoms with Crippen LogP contribution in [0, 0.1) is 0 Å². The summed E-state index contributed by atoms with van der Waals surface area (Å²) in [5.74, 6) is 1.31. The molecule has 0 aliphatic carbocycles. The first-order chi connectivity index (χ1) is 9.72. The predicted octanol–water partition coefficient (Wildman–Crippen LogP) is 0.327. The molecule has 6 nitrogen and oxygen atoms in total. The number of nitrogens with one attached hydrogen (secondary N) is 1. The van der Waals surface area contributed by atoms with Gasteiger partial charge < -0.3 is 14.8 Å². The number of likely N-dealkylation sites (tertiary alicyclic amines) is 1. The summed E-state index contributed by atoms with van der Waals surface area (Å²) in [7, 11) is 0. The van der Waals surface area contributed by atoms with Crippen molar-refractivity contribution in [1.82, 2.24) is 19.8 Å². The van der Waals surface area contributed by atoms with E-state index in [1.54, 1.807) is 11.1 Å². The van der Waals surface area contributed by atoms with Crippen LogP contribution in [-0.4, -0.2) is 45.4 Å². The Kier molecular flexibility index (Phi) is 3.71. The van der Waals surface area contributed by atoms with Crippen molar-refractivity contribution >= 4 is 11.8 Å². The Morgan fingerprint density at radius 3 is 3.15 bits per heavy atom. The minimum absolute atomic E-state index is 0.0401. The topological polar surface area (TPSA) is 67.2 Å². The first-order valence-corrected chi connectivity index (χ1v) is 7.29. The third-order valence-electron chi connectivity index (χ3n) is 4.08. The van der Waals surface area contributed by atoms with Gasteiger partial charge in [-0.15, -0.1) is 0 Å². The third-order valence-corrected chi connectivity index (χ3v) is 4.08. The molecule has 0 aromatic carbocycles. The zero-order chi connectivity index (χ0) is 13.9. The fourth-order valence-electron chi connectivity index (χ4n) is 2.96. The molecule has 1 aromatic rings. The number of carbonyl (C=O) groups excluding carboxylic acids is 2. The lowest BCUT2D eigenvalue weighted by Crippen LogP contribution is -2.42. The third kappa shape index (κ3) is 2.84. The van der Waals surface area contributed by atoms with Crippen LogP contribution in [0.3, 0.4) is 0 Å². The van der Waals surface area contributed by atoms with E-state index < -0.39 is 0 Å². The molecule has 0 unspecified atom stereocenters. The molecule has 1 atom stereocenters. The molecule has 6 heteroatoms. The Labute approximate surface area is 118 Å². The first kappa shape index (κ1) is 13.1. The van der Waals surface area contributed by atoms with Crippen molar-refractivity contribution in [2.75, 3.05) is 13.1 Å². The van der Waals surface area contributed by atoms with Crippen LogP contribution >= 0.6 is 0 Å². The molecule has 3 rings (SSSR count). The monoisotopic (exact) mass is 276 g/mol. The van der Waals surface area contributed by atoms with E-state index in [-0.39, 0.29) is 17.9 Å². The van der Waals surface area contributed by atoms with Gasteiger partial charge in [-0.2, -0.15) is 0 Å². The Bertz CT molecular complexity index is 511. The Morgan fingerprint density at radius 1 is 1.45 bits per heavy atom. The lowest BCUT2D eigenvalue weighted by atomic mass is 10.1. The molecule has 1 fully saturated rings. The van der Waals surface area contributed by atoms with Crippen LogP contribution in [0.15, 0.2) is 12.4 Å². The number of aryl methyl sites for hydroxylation is 1. The van der Waals surface area contributed by atoms with Crippen LogP contribution in [0.1, 0.15) is 31.5 Å². The molecule has 2 aliphatic rings. The smallest absolute Gasteiger partial charge is 0.222 e. The number of amides is 2. The normalized spacial score (nSPS) is 21.9. The van der Waals surface area contributed by atoms with Gasteiger partial charge in [0.15, 0.2) is 0 Å². The van der Waals surface area contributed by atoms with Crippen molar-refractivity contribution in [2.24, 2.45) is 0 Å². The fraction of sp³-hybridized carbons (Fsp3) is 0.643. The molecule has 0 spiro atoms. The second kappa shape index (κ2) is 5.64. The predicted molar refractivity (Wildman–Crippen MR) is 72.9 cm³/mol. The van der Waals surface area contributed by atoms with Crippen molar-refractivity contribution in [3.8, 4) is 0 Å². The van der Waals surface area contributed by atoms with Gasteiger partial charge >= 0.3 is 0 Å². The lowest BCUT2D eigenvalue weighted by molar-refractivity contribution is -0.128. The Hall–Kier alpha value is -1.85. The maximum absolute atomic E-state index is 12.0. The van der Waals surface area contributed by atoms with Crippen LogP contribution in [0.25, 0.3) is 0 Å². The Morgan fingerprint density at radius 2 is 2.35 bits per heavy atom. The molecule has 2 aliphatic heterocycles. The molecule has 20 heavy (non-hydrogen) atoms. The van der Waals surface area contributed by atoms with E-state index in [2.05, 4.69) is 14.9 Å². The maximum Gasteiger partial charge on any atom is 0.222 e. The number of rotatable bonds is 4. The molecular weight excluding hydrogens is 256 g/mol. The molecule has 0 saturated carbocycles. The molecule has 0 radical (unpaired) electrons. The number of aromatic nitrogens is 2. The molecule has 1 N–H and O–H groups in total. The van der Waals surface area contributed by atoms with Gasteiger partial charge in [0.2, 0.25) is 11.8 Å². The van der Waals surface area contributed by atoms with Gasteiger partial charge in [0.05, 0.1) is 0 Å². The molecule has 0 bridgehead atoms. The average Bonchev–Trinajstić information content (AvgIpc) is 3.04. The zero-order valence-corrected chi connectivity index (χ0v) is 11.5. The van der Waals surface area contributed by atoms with E-state index in [0.29, 0.717) is 19.4 Å². The second-order valence-corrected chi connectivity index (χ2v) is 5.53. The highest BCUT2D eigenvalue weighted by Crippen LogP contribution is 2.13. The first-order valence-electron chi connectivity index (χ1n) is 7.29. The van der Waals surface area contributed by atoms with E-state index >= 15 is 0 Å². The van der Waals surface area contributed by atoms with E-state index in [9.17, 15) is 9.59 Å². The summed E-state index contributed by atoms with van der Waals surface area (Å²) in [4.78, 5) is 29.5. The quantitative estimate of drug-likeness (QED) is 0.861. The van der Waals surface area contributed by atoms with Crippen molar-refractivity contribution in [2.45, 2.75) is 44.7 Å². The molecule has 1 saturated heterocycles. The summed E-state index contributed by atoms with van der Waals surface area (Å²) in [5, 5.41) is 3.06. The van der Waals surface area contributed by atoms with Crippen molar-refractivity contribution in [1.29, 1.82) is 0 Å². The SMILES string of the molecule is O=C(CCN1CCCC1=O)N[C@H]1CCc2nccn2C1. The van der Waals surface area contributed by atoms with Crippen LogP contribution in [0.4, 0.5) is 0 Å². The number of nitrogens with zero attached hydrogens (tertiary/aromatic N) is 3. The number of hydrogen-bond donors (Lipinski definition) is 1. The summed E-state index contributed by atoms with van der Waals surface area (Å²) in [6.07, 6.45) is 7.56. The number of carbonyl (C=O) groups is 2. The molecular formula is C14H20N4O2. The van der Waals surface area contributed by atoms with E-state index in [1.165, 1.54) is 0 Å². The van der Waals surface area contributed by atoms with Gasteiger partial charge in [-0.1, -0.05) is 0 Å². The van der Waals surface area contributed by atoms with Crippen LogP contribution in [0.2, 0.25) is 0 Å². The molecule has 2 amide bonds. The minimum atomic E-state index is 0.0401. The maximum atomic E-state index is 12.0.